The summed E-state index contributed by atoms with van der Waals surface area (Å²) in [6.45, 7) is 2.47. The van der Waals surface area contributed by atoms with E-state index in [4.69, 9.17) is 4.74 Å². The highest BCUT2D eigenvalue weighted by Gasteiger charge is 2.21. The van der Waals surface area contributed by atoms with Crippen molar-refractivity contribution in [3.63, 3.8) is 0 Å². The van der Waals surface area contributed by atoms with Crippen molar-refractivity contribution in [2.24, 2.45) is 0 Å². The highest BCUT2D eigenvalue weighted by molar-refractivity contribution is 5.89. The van der Waals surface area contributed by atoms with Crippen molar-refractivity contribution in [2.45, 2.75) is 0 Å². The van der Waals surface area contributed by atoms with Crippen LogP contribution in [0.25, 0.3) is 0 Å². The van der Waals surface area contributed by atoms with Gasteiger partial charge >= 0.3 is 6.03 Å². The minimum atomic E-state index is -0.984. The Labute approximate surface area is 144 Å². The van der Waals surface area contributed by atoms with E-state index in [0.717, 1.165) is 23.6 Å². The van der Waals surface area contributed by atoms with Crippen LogP contribution in [-0.4, -0.2) is 44.2 Å². The number of hydrogen-bond donors (Lipinski definition) is 1. The molecule has 1 heterocycles. The normalized spacial score (nSPS) is 14.4. The van der Waals surface area contributed by atoms with Gasteiger partial charge in [-0.05, 0) is 36.4 Å². The molecule has 0 unspecified atom stereocenters. The Balaban J connectivity index is 1.55. The zero-order chi connectivity index (χ0) is 17.8. The van der Waals surface area contributed by atoms with Crippen LogP contribution in [0.5, 0.6) is 5.75 Å². The summed E-state index contributed by atoms with van der Waals surface area (Å²) in [7, 11) is 1.62. The number of methoxy groups -OCH3 is 1. The average molecular weight is 347 g/mol. The van der Waals surface area contributed by atoms with E-state index in [1.165, 1.54) is 6.07 Å². The van der Waals surface area contributed by atoms with Gasteiger partial charge in [-0.2, -0.15) is 0 Å². The second-order valence-corrected chi connectivity index (χ2v) is 5.73. The number of urea groups is 1. The van der Waals surface area contributed by atoms with Gasteiger partial charge < -0.3 is 19.9 Å². The average Bonchev–Trinajstić information content (AvgIpc) is 2.65. The molecular formula is C18H19F2N3O2. The SMILES string of the molecule is COc1ccc(N2CCN(C(=O)Nc3ccc(F)c(F)c3)CC2)cc1. The highest BCUT2D eigenvalue weighted by Crippen LogP contribution is 2.21. The number of carbonyl (C=O) groups is 1. The van der Waals surface area contributed by atoms with Gasteiger partial charge in [0.2, 0.25) is 0 Å². The third kappa shape index (κ3) is 3.99. The molecule has 2 amide bonds. The summed E-state index contributed by atoms with van der Waals surface area (Å²) in [4.78, 5) is 16.1. The Morgan fingerprint density at radius 1 is 1.00 bits per heavy atom. The first-order valence-electron chi connectivity index (χ1n) is 7.97. The molecule has 1 saturated heterocycles. The number of ether oxygens (including phenoxy) is 1. The number of piperazine rings is 1. The van der Waals surface area contributed by atoms with Crippen LogP contribution in [0, 0.1) is 11.6 Å². The predicted molar refractivity (Wildman–Crippen MR) is 92.2 cm³/mol. The van der Waals surface area contributed by atoms with Crippen molar-refractivity contribution in [2.75, 3.05) is 43.5 Å². The number of amides is 2. The molecule has 2 aromatic carbocycles. The van der Waals surface area contributed by atoms with Crippen LogP contribution in [0.1, 0.15) is 0 Å². The number of carbonyl (C=O) groups excluding carboxylic acids is 1. The lowest BCUT2D eigenvalue weighted by molar-refractivity contribution is 0.208. The lowest BCUT2D eigenvalue weighted by Gasteiger charge is -2.36. The molecule has 0 bridgehead atoms. The van der Waals surface area contributed by atoms with E-state index in [-0.39, 0.29) is 11.7 Å². The summed E-state index contributed by atoms with van der Waals surface area (Å²) >= 11 is 0. The quantitative estimate of drug-likeness (QED) is 0.926. The van der Waals surface area contributed by atoms with Crippen molar-refractivity contribution < 1.29 is 18.3 Å². The summed E-state index contributed by atoms with van der Waals surface area (Å²) in [5.41, 5.74) is 1.31. The number of hydrogen-bond acceptors (Lipinski definition) is 3. The second-order valence-electron chi connectivity index (χ2n) is 5.73. The maximum Gasteiger partial charge on any atom is 0.321 e. The molecule has 25 heavy (non-hydrogen) atoms. The van der Waals surface area contributed by atoms with Crippen LogP contribution in [-0.2, 0) is 0 Å². The fourth-order valence-corrected chi connectivity index (χ4v) is 2.74. The number of rotatable bonds is 3. The Bertz CT molecular complexity index is 744. The summed E-state index contributed by atoms with van der Waals surface area (Å²) in [5, 5.41) is 2.59. The van der Waals surface area contributed by atoms with Crippen molar-refractivity contribution in [1.29, 1.82) is 0 Å². The van der Waals surface area contributed by atoms with Gasteiger partial charge in [0.25, 0.3) is 0 Å². The molecule has 7 heteroatoms. The monoisotopic (exact) mass is 347 g/mol. The van der Waals surface area contributed by atoms with Crippen LogP contribution in [0.4, 0.5) is 25.0 Å². The molecule has 0 spiro atoms. The molecule has 1 N–H and O–H groups in total. The molecule has 0 radical (unpaired) electrons. The van der Waals surface area contributed by atoms with Gasteiger partial charge in [-0.1, -0.05) is 0 Å². The number of nitrogens with one attached hydrogen (secondary N) is 1. The minimum Gasteiger partial charge on any atom is -0.497 e. The van der Waals surface area contributed by atoms with Gasteiger partial charge in [-0.15, -0.1) is 0 Å². The highest BCUT2D eigenvalue weighted by atomic mass is 19.2. The van der Waals surface area contributed by atoms with E-state index in [2.05, 4.69) is 10.2 Å². The largest absolute Gasteiger partial charge is 0.497 e. The topological polar surface area (TPSA) is 44.8 Å². The zero-order valence-electron chi connectivity index (χ0n) is 13.8. The van der Waals surface area contributed by atoms with Crippen LogP contribution in [0.15, 0.2) is 42.5 Å². The van der Waals surface area contributed by atoms with Gasteiger partial charge in [0, 0.05) is 43.6 Å². The van der Waals surface area contributed by atoms with E-state index in [1.54, 1.807) is 12.0 Å². The fraction of sp³-hybridized carbons (Fsp3) is 0.278. The van der Waals surface area contributed by atoms with Gasteiger partial charge in [0.05, 0.1) is 7.11 Å². The van der Waals surface area contributed by atoms with Crippen molar-refractivity contribution in [3.05, 3.63) is 54.1 Å². The van der Waals surface area contributed by atoms with Crippen molar-refractivity contribution >= 4 is 17.4 Å². The Morgan fingerprint density at radius 2 is 1.68 bits per heavy atom. The molecule has 0 aliphatic carbocycles. The van der Waals surface area contributed by atoms with Crippen LogP contribution >= 0.6 is 0 Å². The summed E-state index contributed by atoms with van der Waals surface area (Å²) in [5.74, 6) is -1.12. The molecule has 2 aromatic rings. The predicted octanol–water partition coefficient (Wildman–Crippen LogP) is 3.33. The molecular weight excluding hydrogens is 328 g/mol. The molecule has 1 aliphatic heterocycles. The lowest BCUT2D eigenvalue weighted by atomic mass is 10.2. The number of halogens is 2. The molecule has 132 valence electrons. The van der Waals surface area contributed by atoms with Crippen LogP contribution < -0.4 is 15.0 Å². The van der Waals surface area contributed by atoms with E-state index in [1.807, 2.05) is 24.3 Å². The summed E-state index contributed by atoms with van der Waals surface area (Å²) in [6, 6.07) is 10.7. The number of anilines is 2. The fourth-order valence-electron chi connectivity index (χ4n) is 2.74. The molecule has 0 aromatic heterocycles. The minimum absolute atomic E-state index is 0.237. The van der Waals surface area contributed by atoms with Crippen LogP contribution in [0.2, 0.25) is 0 Å². The molecule has 0 atom stereocenters. The Hall–Kier alpha value is -2.83. The molecule has 1 fully saturated rings. The summed E-state index contributed by atoms with van der Waals surface area (Å²) in [6.07, 6.45) is 0. The summed E-state index contributed by atoms with van der Waals surface area (Å²) < 4.78 is 31.3. The Kier molecular flexibility index (Phi) is 5.02. The molecule has 1 aliphatic rings. The van der Waals surface area contributed by atoms with Gasteiger partial charge in [0.1, 0.15) is 5.75 Å². The second kappa shape index (κ2) is 7.38. The van der Waals surface area contributed by atoms with Gasteiger partial charge in [0.15, 0.2) is 11.6 Å². The third-order valence-electron chi connectivity index (χ3n) is 4.18. The van der Waals surface area contributed by atoms with Crippen molar-refractivity contribution in [3.8, 4) is 5.75 Å². The maximum absolute atomic E-state index is 13.2. The van der Waals surface area contributed by atoms with E-state index in [0.29, 0.717) is 26.2 Å². The van der Waals surface area contributed by atoms with Gasteiger partial charge in [-0.25, -0.2) is 13.6 Å². The molecule has 0 saturated carbocycles. The van der Waals surface area contributed by atoms with E-state index in [9.17, 15) is 13.6 Å². The smallest absolute Gasteiger partial charge is 0.321 e. The first-order valence-corrected chi connectivity index (χ1v) is 7.97. The number of benzene rings is 2. The molecule has 5 nitrogen and oxygen atoms in total. The molecule has 3 rings (SSSR count). The first kappa shape index (κ1) is 17.0. The Morgan fingerprint density at radius 3 is 2.28 bits per heavy atom. The van der Waals surface area contributed by atoms with Crippen molar-refractivity contribution in [1.82, 2.24) is 4.90 Å². The van der Waals surface area contributed by atoms with E-state index >= 15 is 0 Å². The number of nitrogens with zero attached hydrogens (tertiary/aromatic N) is 2. The van der Waals surface area contributed by atoms with Crippen LogP contribution in [0.3, 0.4) is 0 Å². The standard InChI is InChI=1S/C18H19F2N3O2/c1-25-15-5-3-14(4-6-15)22-8-10-23(11-9-22)18(24)21-13-2-7-16(19)17(20)12-13/h2-7,12H,8-11H2,1H3,(H,21,24). The van der Waals surface area contributed by atoms with Gasteiger partial charge in [-0.3, -0.25) is 0 Å². The lowest BCUT2D eigenvalue weighted by Crippen LogP contribution is -2.50. The third-order valence-corrected chi connectivity index (χ3v) is 4.18. The first-order chi connectivity index (χ1) is 12.1. The maximum atomic E-state index is 13.2. The zero-order valence-corrected chi connectivity index (χ0v) is 13.8. The van der Waals surface area contributed by atoms with E-state index < -0.39 is 11.6 Å².